The van der Waals surface area contributed by atoms with Gasteiger partial charge in [-0.2, -0.15) is 5.10 Å². The summed E-state index contributed by atoms with van der Waals surface area (Å²) in [5, 5.41) is 14.6. The van der Waals surface area contributed by atoms with Gasteiger partial charge in [-0.3, -0.25) is 9.52 Å². The number of hydrogen-bond acceptors (Lipinski definition) is 7. The van der Waals surface area contributed by atoms with Crippen LogP contribution in [0.3, 0.4) is 0 Å². The number of carboxylic acid groups (broad SMARTS) is 1. The maximum absolute atomic E-state index is 12.8. The van der Waals surface area contributed by atoms with Gasteiger partial charge >= 0.3 is 5.97 Å². The molecule has 9 nitrogen and oxygen atoms in total. The zero-order chi connectivity index (χ0) is 24.7. The Morgan fingerprint density at radius 3 is 2.68 bits per heavy atom. The standard InChI is InChI=1S/C22H20ClN3O6S2/c1-2-14-5-8-19(32-13-20(27)28)15(10-14)12-24-25-22(29)17-11-16(23)6-7-18(17)26-34(30,31)21-4-3-9-33-21/h3-12,26H,2,13H2,1H3,(H,25,29)(H,27,28)/b24-12-. The third-order valence-electron chi connectivity index (χ3n) is 4.43. The number of ether oxygens (including phenoxy) is 1. The summed E-state index contributed by atoms with van der Waals surface area (Å²) in [6.45, 7) is 1.42. The van der Waals surface area contributed by atoms with E-state index in [0.29, 0.717) is 5.56 Å². The first-order valence-electron chi connectivity index (χ1n) is 9.86. The fraction of sp³-hybridized carbons (Fsp3) is 0.136. The van der Waals surface area contributed by atoms with Crippen LogP contribution in [0.15, 0.2) is 63.2 Å². The second kappa shape index (κ2) is 11.1. The molecule has 3 rings (SSSR count). The number of carbonyl (C=O) groups is 2. The lowest BCUT2D eigenvalue weighted by Gasteiger charge is -2.11. The lowest BCUT2D eigenvalue weighted by molar-refractivity contribution is -0.139. The molecule has 2 aromatic carbocycles. The summed E-state index contributed by atoms with van der Waals surface area (Å²) in [4.78, 5) is 23.6. The first-order chi connectivity index (χ1) is 16.2. The van der Waals surface area contributed by atoms with Crippen molar-refractivity contribution in [1.82, 2.24) is 5.43 Å². The van der Waals surface area contributed by atoms with Gasteiger partial charge in [0.05, 0.1) is 17.5 Å². The minimum atomic E-state index is -3.89. The fourth-order valence-electron chi connectivity index (χ4n) is 2.82. The maximum atomic E-state index is 12.8. The van der Waals surface area contributed by atoms with Crippen molar-refractivity contribution in [3.05, 3.63) is 75.6 Å². The molecule has 0 fully saturated rings. The van der Waals surface area contributed by atoms with Gasteiger partial charge in [-0.1, -0.05) is 30.7 Å². The van der Waals surface area contributed by atoms with E-state index in [2.05, 4.69) is 15.2 Å². The summed E-state index contributed by atoms with van der Waals surface area (Å²) in [6, 6.07) is 12.4. The molecule has 3 N–H and O–H groups in total. The summed E-state index contributed by atoms with van der Waals surface area (Å²) < 4.78 is 32.9. The van der Waals surface area contributed by atoms with Gasteiger partial charge in [0.15, 0.2) is 6.61 Å². The van der Waals surface area contributed by atoms with Crippen molar-refractivity contribution in [3.63, 3.8) is 0 Å². The molecule has 0 aliphatic heterocycles. The summed E-state index contributed by atoms with van der Waals surface area (Å²) >= 11 is 7.06. The van der Waals surface area contributed by atoms with Crippen molar-refractivity contribution in [2.75, 3.05) is 11.3 Å². The van der Waals surface area contributed by atoms with E-state index >= 15 is 0 Å². The van der Waals surface area contributed by atoms with E-state index in [-0.39, 0.29) is 26.2 Å². The number of anilines is 1. The Morgan fingerprint density at radius 1 is 1.21 bits per heavy atom. The molecule has 0 radical (unpaired) electrons. The van der Waals surface area contributed by atoms with Crippen molar-refractivity contribution in [3.8, 4) is 5.75 Å². The van der Waals surface area contributed by atoms with E-state index in [1.54, 1.807) is 29.6 Å². The molecule has 1 aromatic heterocycles. The number of hydrogen-bond donors (Lipinski definition) is 3. The number of nitrogens with one attached hydrogen (secondary N) is 2. The molecular formula is C22H20ClN3O6S2. The molecule has 0 saturated carbocycles. The van der Waals surface area contributed by atoms with E-state index in [0.717, 1.165) is 23.3 Å². The summed E-state index contributed by atoms with van der Waals surface area (Å²) in [5.41, 5.74) is 3.75. The predicted molar refractivity (Wildman–Crippen MR) is 131 cm³/mol. The molecule has 34 heavy (non-hydrogen) atoms. The van der Waals surface area contributed by atoms with Crippen LogP contribution < -0.4 is 14.9 Å². The molecule has 0 saturated heterocycles. The van der Waals surface area contributed by atoms with Crippen LogP contribution in [-0.4, -0.2) is 38.2 Å². The normalized spacial score (nSPS) is 11.4. The molecular weight excluding hydrogens is 502 g/mol. The van der Waals surface area contributed by atoms with Crippen LogP contribution in [0, 0.1) is 0 Å². The average Bonchev–Trinajstić information content (AvgIpc) is 3.35. The SMILES string of the molecule is CCc1ccc(OCC(=O)O)c(/C=N\NC(=O)c2cc(Cl)ccc2NS(=O)(=O)c2cccs2)c1. The van der Waals surface area contributed by atoms with Crippen LogP contribution in [-0.2, 0) is 21.2 Å². The van der Waals surface area contributed by atoms with Gasteiger partial charge in [-0.25, -0.2) is 18.6 Å². The van der Waals surface area contributed by atoms with Crippen molar-refractivity contribution < 1.29 is 27.9 Å². The van der Waals surface area contributed by atoms with Gasteiger partial charge in [0, 0.05) is 10.6 Å². The van der Waals surface area contributed by atoms with Crippen LogP contribution in [0.25, 0.3) is 0 Å². The molecule has 0 unspecified atom stereocenters. The number of rotatable bonds is 10. The Labute approximate surface area is 205 Å². The first kappa shape index (κ1) is 25.2. The monoisotopic (exact) mass is 521 g/mol. The number of thiophene rings is 1. The molecule has 1 amide bonds. The number of benzene rings is 2. The Bertz CT molecular complexity index is 1320. The second-order valence-electron chi connectivity index (χ2n) is 6.83. The Hall–Kier alpha value is -3.41. The molecule has 0 spiro atoms. The van der Waals surface area contributed by atoms with Crippen molar-refractivity contribution >= 4 is 56.7 Å². The lowest BCUT2D eigenvalue weighted by atomic mass is 10.1. The highest BCUT2D eigenvalue weighted by atomic mass is 35.5. The molecule has 3 aromatic rings. The summed E-state index contributed by atoms with van der Waals surface area (Å²) in [6.07, 6.45) is 2.04. The highest BCUT2D eigenvalue weighted by Gasteiger charge is 2.20. The van der Waals surface area contributed by atoms with Crippen LogP contribution >= 0.6 is 22.9 Å². The number of nitrogens with zero attached hydrogens (tertiary/aromatic N) is 1. The fourth-order valence-corrected chi connectivity index (χ4v) is 5.06. The van der Waals surface area contributed by atoms with E-state index in [4.69, 9.17) is 21.4 Å². The van der Waals surface area contributed by atoms with Gasteiger partial charge in [0.25, 0.3) is 15.9 Å². The minimum absolute atomic E-state index is 0.0314. The second-order valence-corrected chi connectivity index (χ2v) is 10.1. The number of carbonyl (C=O) groups excluding carboxylic acids is 1. The Morgan fingerprint density at radius 2 is 2.00 bits per heavy atom. The number of amides is 1. The highest BCUT2D eigenvalue weighted by molar-refractivity contribution is 7.94. The number of halogens is 1. The topological polar surface area (TPSA) is 134 Å². The number of aliphatic carboxylic acids is 1. The molecule has 12 heteroatoms. The number of hydrazone groups is 1. The molecule has 1 heterocycles. The summed E-state index contributed by atoms with van der Waals surface area (Å²) in [5.74, 6) is -1.55. The highest BCUT2D eigenvalue weighted by Crippen LogP contribution is 2.25. The number of sulfonamides is 1. The quantitative estimate of drug-likeness (QED) is 0.273. The van der Waals surface area contributed by atoms with Gasteiger partial charge in [0.2, 0.25) is 0 Å². The third kappa shape index (κ3) is 6.56. The van der Waals surface area contributed by atoms with Crippen molar-refractivity contribution in [2.24, 2.45) is 5.10 Å². The first-order valence-corrected chi connectivity index (χ1v) is 12.6. The number of carboxylic acids is 1. The van der Waals surface area contributed by atoms with E-state index < -0.39 is 28.5 Å². The van der Waals surface area contributed by atoms with Crippen molar-refractivity contribution in [1.29, 1.82) is 0 Å². The zero-order valence-electron chi connectivity index (χ0n) is 17.8. The van der Waals surface area contributed by atoms with Crippen LogP contribution in [0.4, 0.5) is 5.69 Å². The van der Waals surface area contributed by atoms with E-state index in [1.807, 2.05) is 6.92 Å². The predicted octanol–water partition coefficient (Wildman–Crippen LogP) is 3.99. The molecule has 0 atom stereocenters. The Kier molecular flexibility index (Phi) is 8.26. The third-order valence-corrected chi connectivity index (χ3v) is 7.43. The zero-order valence-corrected chi connectivity index (χ0v) is 20.2. The Balaban J connectivity index is 1.81. The minimum Gasteiger partial charge on any atom is -0.481 e. The van der Waals surface area contributed by atoms with Crippen LogP contribution in [0.2, 0.25) is 5.02 Å². The molecule has 0 aliphatic carbocycles. The van der Waals surface area contributed by atoms with Gasteiger partial charge in [0.1, 0.15) is 9.96 Å². The lowest BCUT2D eigenvalue weighted by Crippen LogP contribution is -2.21. The van der Waals surface area contributed by atoms with Gasteiger partial charge in [-0.05, 0) is 53.8 Å². The van der Waals surface area contributed by atoms with Crippen LogP contribution in [0.1, 0.15) is 28.4 Å². The van der Waals surface area contributed by atoms with Crippen LogP contribution in [0.5, 0.6) is 5.75 Å². The smallest absolute Gasteiger partial charge is 0.341 e. The molecule has 0 bridgehead atoms. The van der Waals surface area contributed by atoms with Gasteiger partial charge < -0.3 is 9.84 Å². The average molecular weight is 522 g/mol. The molecule has 0 aliphatic rings. The summed E-state index contributed by atoms with van der Waals surface area (Å²) in [7, 11) is -3.89. The number of aryl methyl sites for hydroxylation is 1. The van der Waals surface area contributed by atoms with E-state index in [1.165, 1.54) is 30.5 Å². The van der Waals surface area contributed by atoms with E-state index in [9.17, 15) is 18.0 Å². The molecule has 178 valence electrons. The van der Waals surface area contributed by atoms with Gasteiger partial charge in [-0.15, -0.1) is 11.3 Å². The van der Waals surface area contributed by atoms with Crippen molar-refractivity contribution in [2.45, 2.75) is 17.6 Å². The maximum Gasteiger partial charge on any atom is 0.341 e. The largest absolute Gasteiger partial charge is 0.481 e.